The van der Waals surface area contributed by atoms with Crippen LogP contribution in [0.3, 0.4) is 0 Å². The van der Waals surface area contributed by atoms with Crippen molar-refractivity contribution < 1.29 is 4.79 Å². The summed E-state index contributed by atoms with van der Waals surface area (Å²) in [6, 6.07) is 8.58. The second-order valence-corrected chi connectivity index (χ2v) is 5.36. The summed E-state index contributed by atoms with van der Waals surface area (Å²) in [6.07, 6.45) is 2.63. The molecule has 0 heterocycles. The van der Waals surface area contributed by atoms with Crippen LogP contribution in [0.2, 0.25) is 0 Å². The van der Waals surface area contributed by atoms with E-state index in [1.165, 1.54) is 11.1 Å². The van der Waals surface area contributed by atoms with E-state index in [1.807, 2.05) is 18.0 Å². The lowest BCUT2D eigenvalue weighted by molar-refractivity contribution is -0.137. The van der Waals surface area contributed by atoms with E-state index in [2.05, 4.69) is 25.1 Å². The van der Waals surface area contributed by atoms with Gasteiger partial charge in [-0.05, 0) is 37.3 Å². The molecule has 98 valence electrons. The third kappa shape index (κ3) is 2.91. The Morgan fingerprint density at radius 2 is 2.06 bits per heavy atom. The van der Waals surface area contributed by atoms with Gasteiger partial charge in [-0.25, -0.2) is 0 Å². The van der Waals surface area contributed by atoms with Crippen molar-refractivity contribution in [3.8, 4) is 0 Å². The highest BCUT2D eigenvalue weighted by Crippen LogP contribution is 2.27. The molecule has 18 heavy (non-hydrogen) atoms. The van der Waals surface area contributed by atoms with Crippen molar-refractivity contribution in [2.45, 2.75) is 32.2 Å². The molecule has 1 aliphatic rings. The highest BCUT2D eigenvalue weighted by molar-refractivity contribution is 5.79. The van der Waals surface area contributed by atoms with Crippen LogP contribution in [0.15, 0.2) is 24.3 Å². The summed E-state index contributed by atoms with van der Waals surface area (Å²) in [6.45, 7) is 2.90. The van der Waals surface area contributed by atoms with Gasteiger partial charge in [0.25, 0.3) is 0 Å². The van der Waals surface area contributed by atoms with Crippen LogP contribution in [0.4, 0.5) is 0 Å². The quantitative estimate of drug-likeness (QED) is 0.879. The average Bonchev–Trinajstić information content (AvgIpc) is 2.33. The van der Waals surface area contributed by atoms with Crippen LogP contribution in [0.25, 0.3) is 0 Å². The molecule has 0 atom stereocenters. The van der Waals surface area contributed by atoms with Crippen molar-refractivity contribution in [2.24, 2.45) is 11.7 Å². The Balaban J connectivity index is 1.83. The van der Waals surface area contributed by atoms with E-state index in [0.29, 0.717) is 0 Å². The topological polar surface area (TPSA) is 46.3 Å². The molecule has 0 bridgehead atoms. The molecule has 0 unspecified atom stereocenters. The largest absolute Gasteiger partial charge is 0.345 e. The molecule has 1 aromatic rings. The number of aryl methyl sites for hydroxylation is 1. The van der Waals surface area contributed by atoms with Crippen LogP contribution in [-0.4, -0.2) is 30.4 Å². The molecule has 1 saturated carbocycles. The van der Waals surface area contributed by atoms with Crippen LogP contribution < -0.4 is 5.73 Å². The standard InChI is InChI=1S/C15H22N2O/c1-11-5-3-4-6-12(11)7-8-17(2)15(18)13-9-14(16)10-13/h3-6,13-14H,7-10,16H2,1-2H3. The molecule has 1 fully saturated rings. The lowest BCUT2D eigenvalue weighted by Gasteiger charge is -2.34. The summed E-state index contributed by atoms with van der Waals surface area (Å²) in [5.41, 5.74) is 8.34. The zero-order valence-corrected chi connectivity index (χ0v) is 11.2. The zero-order chi connectivity index (χ0) is 13.1. The van der Waals surface area contributed by atoms with E-state index in [-0.39, 0.29) is 17.9 Å². The van der Waals surface area contributed by atoms with Gasteiger partial charge < -0.3 is 10.6 Å². The number of carbonyl (C=O) groups excluding carboxylic acids is 1. The summed E-state index contributed by atoms with van der Waals surface area (Å²) in [4.78, 5) is 13.9. The molecule has 0 aromatic heterocycles. The van der Waals surface area contributed by atoms with Crippen molar-refractivity contribution in [1.82, 2.24) is 4.90 Å². The first-order valence-electron chi connectivity index (χ1n) is 6.63. The van der Waals surface area contributed by atoms with Gasteiger partial charge >= 0.3 is 0 Å². The number of nitrogens with two attached hydrogens (primary N) is 1. The van der Waals surface area contributed by atoms with Crippen LogP contribution >= 0.6 is 0 Å². The molecular formula is C15H22N2O. The molecular weight excluding hydrogens is 224 g/mol. The number of hydrogen-bond acceptors (Lipinski definition) is 2. The van der Waals surface area contributed by atoms with Gasteiger partial charge in [-0.1, -0.05) is 24.3 Å². The summed E-state index contributed by atoms with van der Waals surface area (Å²) in [5, 5.41) is 0. The maximum absolute atomic E-state index is 12.0. The average molecular weight is 246 g/mol. The van der Waals surface area contributed by atoms with Crippen molar-refractivity contribution in [2.75, 3.05) is 13.6 Å². The predicted molar refractivity (Wildman–Crippen MR) is 73.2 cm³/mol. The first-order valence-corrected chi connectivity index (χ1v) is 6.63. The van der Waals surface area contributed by atoms with E-state index >= 15 is 0 Å². The third-order valence-corrected chi connectivity index (χ3v) is 3.88. The lowest BCUT2D eigenvalue weighted by atomic mass is 9.80. The van der Waals surface area contributed by atoms with E-state index in [9.17, 15) is 4.79 Å². The van der Waals surface area contributed by atoms with Crippen molar-refractivity contribution in [3.63, 3.8) is 0 Å². The predicted octanol–water partition coefficient (Wildman–Crippen LogP) is 1.73. The van der Waals surface area contributed by atoms with E-state index in [0.717, 1.165) is 25.8 Å². The number of benzene rings is 1. The first-order chi connectivity index (χ1) is 8.58. The van der Waals surface area contributed by atoms with Crippen molar-refractivity contribution in [1.29, 1.82) is 0 Å². The fourth-order valence-electron chi connectivity index (χ4n) is 2.46. The lowest BCUT2D eigenvalue weighted by Crippen LogP contribution is -2.46. The van der Waals surface area contributed by atoms with Gasteiger partial charge in [-0.2, -0.15) is 0 Å². The summed E-state index contributed by atoms with van der Waals surface area (Å²) in [5.74, 6) is 0.423. The Morgan fingerprint density at radius 3 is 2.67 bits per heavy atom. The summed E-state index contributed by atoms with van der Waals surface area (Å²) >= 11 is 0. The van der Waals surface area contributed by atoms with Gasteiger partial charge in [-0.15, -0.1) is 0 Å². The number of nitrogens with zero attached hydrogens (tertiary/aromatic N) is 1. The Morgan fingerprint density at radius 1 is 1.39 bits per heavy atom. The SMILES string of the molecule is Cc1ccccc1CCN(C)C(=O)C1CC(N)C1. The highest BCUT2D eigenvalue weighted by Gasteiger charge is 2.33. The first kappa shape index (κ1) is 13.1. The molecule has 2 rings (SSSR count). The van der Waals surface area contributed by atoms with E-state index in [4.69, 9.17) is 5.73 Å². The molecule has 0 spiro atoms. The zero-order valence-electron chi connectivity index (χ0n) is 11.2. The molecule has 1 aromatic carbocycles. The van der Waals surface area contributed by atoms with E-state index in [1.54, 1.807) is 0 Å². The second kappa shape index (κ2) is 5.53. The van der Waals surface area contributed by atoms with Crippen molar-refractivity contribution >= 4 is 5.91 Å². The number of likely N-dealkylation sites (N-methyl/N-ethyl adjacent to an activating group) is 1. The molecule has 0 radical (unpaired) electrons. The minimum absolute atomic E-state index is 0.168. The van der Waals surface area contributed by atoms with Crippen LogP contribution in [0.1, 0.15) is 24.0 Å². The summed E-state index contributed by atoms with van der Waals surface area (Å²) < 4.78 is 0. The van der Waals surface area contributed by atoms with Gasteiger partial charge in [0, 0.05) is 25.6 Å². The molecule has 3 heteroatoms. The minimum Gasteiger partial charge on any atom is -0.345 e. The maximum Gasteiger partial charge on any atom is 0.225 e. The van der Waals surface area contributed by atoms with E-state index < -0.39 is 0 Å². The van der Waals surface area contributed by atoms with Gasteiger partial charge in [0.1, 0.15) is 0 Å². The molecule has 3 nitrogen and oxygen atoms in total. The third-order valence-electron chi connectivity index (χ3n) is 3.88. The van der Waals surface area contributed by atoms with Gasteiger partial charge in [0.15, 0.2) is 0 Å². The van der Waals surface area contributed by atoms with Crippen LogP contribution in [0, 0.1) is 12.8 Å². The summed E-state index contributed by atoms with van der Waals surface area (Å²) in [7, 11) is 1.89. The fraction of sp³-hybridized carbons (Fsp3) is 0.533. The minimum atomic E-state index is 0.168. The Labute approximate surface area is 109 Å². The molecule has 2 N–H and O–H groups in total. The Bertz CT molecular complexity index is 424. The molecule has 1 amide bonds. The van der Waals surface area contributed by atoms with Gasteiger partial charge in [-0.3, -0.25) is 4.79 Å². The van der Waals surface area contributed by atoms with Gasteiger partial charge in [0.2, 0.25) is 5.91 Å². The number of rotatable bonds is 4. The molecule has 0 aliphatic heterocycles. The van der Waals surface area contributed by atoms with Crippen LogP contribution in [0.5, 0.6) is 0 Å². The normalized spacial score (nSPS) is 22.4. The second-order valence-electron chi connectivity index (χ2n) is 5.36. The Kier molecular flexibility index (Phi) is 4.02. The number of carbonyl (C=O) groups is 1. The molecule has 0 saturated heterocycles. The van der Waals surface area contributed by atoms with Gasteiger partial charge in [0.05, 0.1) is 0 Å². The Hall–Kier alpha value is -1.35. The highest BCUT2D eigenvalue weighted by atomic mass is 16.2. The maximum atomic E-state index is 12.0. The van der Waals surface area contributed by atoms with Crippen LogP contribution in [-0.2, 0) is 11.2 Å². The molecule has 1 aliphatic carbocycles. The fourth-order valence-corrected chi connectivity index (χ4v) is 2.46. The van der Waals surface area contributed by atoms with Crippen molar-refractivity contribution in [3.05, 3.63) is 35.4 Å². The number of amides is 1. The number of hydrogen-bond donors (Lipinski definition) is 1. The smallest absolute Gasteiger partial charge is 0.225 e. The monoisotopic (exact) mass is 246 g/mol.